The summed E-state index contributed by atoms with van der Waals surface area (Å²) in [6.07, 6.45) is -4.05. The first kappa shape index (κ1) is 16.4. The molecular formula is C15H13F4N3O2. The minimum atomic E-state index is -4.81. The summed E-state index contributed by atoms with van der Waals surface area (Å²) in [6.45, 7) is -1.08. The maximum atomic E-state index is 13.7. The fourth-order valence-corrected chi connectivity index (χ4v) is 2.57. The number of rotatable bonds is 2. The van der Waals surface area contributed by atoms with Crippen molar-refractivity contribution in [2.45, 2.75) is 18.2 Å². The van der Waals surface area contributed by atoms with Crippen molar-refractivity contribution in [2.24, 2.45) is 0 Å². The van der Waals surface area contributed by atoms with Crippen LogP contribution in [0.4, 0.5) is 17.6 Å². The van der Waals surface area contributed by atoms with Gasteiger partial charge in [-0.25, -0.2) is 9.07 Å². The molecule has 0 radical (unpaired) electrons. The zero-order valence-electron chi connectivity index (χ0n) is 12.3. The first-order valence-corrected chi connectivity index (χ1v) is 7.10. The molecule has 0 saturated carbocycles. The number of amides is 1. The second-order valence-electron chi connectivity index (χ2n) is 5.60. The predicted molar refractivity (Wildman–Crippen MR) is 75.0 cm³/mol. The van der Waals surface area contributed by atoms with Gasteiger partial charge in [-0.3, -0.25) is 4.79 Å². The van der Waals surface area contributed by atoms with E-state index in [-0.39, 0.29) is 17.9 Å². The molecule has 2 heterocycles. The van der Waals surface area contributed by atoms with Crippen molar-refractivity contribution in [1.29, 1.82) is 0 Å². The van der Waals surface area contributed by atoms with Gasteiger partial charge in [0.15, 0.2) is 11.3 Å². The summed E-state index contributed by atoms with van der Waals surface area (Å²) in [6, 6.07) is 7.05. The van der Waals surface area contributed by atoms with Crippen molar-refractivity contribution in [2.75, 3.05) is 13.1 Å². The van der Waals surface area contributed by atoms with E-state index in [1.54, 1.807) is 6.07 Å². The molecule has 2 aromatic rings. The molecule has 1 aliphatic rings. The van der Waals surface area contributed by atoms with E-state index in [9.17, 15) is 27.5 Å². The normalized spacial score (nSPS) is 21.3. The summed E-state index contributed by atoms with van der Waals surface area (Å²) in [4.78, 5) is 13.2. The second kappa shape index (κ2) is 5.59. The third kappa shape index (κ3) is 2.75. The highest BCUT2D eigenvalue weighted by atomic mass is 19.4. The van der Waals surface area contributed by atoms with Crippen LogP contribution in [0.1, 0.15) is 16.9 Å². The number of aromatic nitrogens is 2. The van der Waals surface area contributed by atoms with Crippen LogP contribution in [0.2, 0.25) is 0 Å². The van der Waals surface area contributed by atoms with Gasteiger partial charge in [-0.2, -0.15) is 18.3 Å². The van der Waals surface area contributed by atoms with Gasteiger partial charge in [0.25, 0.3) is 5.91 Å². The van der Waals surface area contributed by atoms with Gasteiger partial charge in [-0.05, 0) is 18.2 Å². The van der Waals surface area contributed by atoms with Gasteiger partial charge in [0.1, 0.15) is 11.5 Å². The molecule has 128 valence electrons. The van der Waals surface area contributed by atoms with Crippen molar-refractivity contribution < 1.29 is 27.5 Å². The molecule has 1 aromatic heterocycles. The lowest BCUT2D eigenvalue weighted by atomic mass is 10.0. The molecule has 1 N–H and O–H groups in total. The number of benzene rings is 1. The molecule has 1 atom stereocenters. The molecule has 1 aromatic carbocycles. The Morgan fingerprint density at radius 1 is 1.25 bits per heavy atom. The summed E-state index contributed by atoms with van der Waals surface area (Å²) in [5, 5.41) is 13.5. The van der Waals surface area contributed by atoms with Crippen molar-refractivity contribution in [1.82, 2.24) is 14.7 Å². The number of alkyl halides is 3. The summed E-state index contributed by atoms with van der Waals surface area (Å²) in [5.74, 6) is -1.29. The smallest absolute Gasteiger partial charge is 0.379 e. The first-order chi connectivity index (χ1) is 11.2. The molecule has 1 amide bonds. The molecule has 0 spiro atoms. The van der Waals surface area contributed by atoms with Gasteiger partial charge < -0.3 is 10.0 Å². The van der Waals surface area contributed by atoms with Crippen LogP contribution in [-0.2, 0) is 0 Å². The van der Waals surface area contributed by atoms with Gasteiger partial charge in [0.05, 0.1) is 6.54 Å². The van der Waals surface area contributed by atoms with Gasteiger partial charge in [-0.15, -0.1) is 0 Å². The lowest BCUT2D eigenvalue weighted by Gasteiger charge is -2.25. The van der Waals surface area contributed by atoms with Gasteiger partial charge in [-0.1, -0.05) is 12.1 Å². The number of carbonyl (C=O) groups is 1. The number of halogens is 4. The van der Waals surface area contributed by atoms with E-state index in [0.717, 1.165) is 9.58 Å². The van der Waals surface area contributed by atoms with Crippen LogP contribution in [0.15, 0.2) is 36.5 Å². The minimum absolute atomic E-state index is 0.116. The monoisotopic (exact) mass is 343 g/mol. The average Bonchev–Trinajstić information content (AvgIpc) is 3.14. The number of likely N-dealkylation sites (tertiary alicyclic amines) is 1. The second-order valence-corrected chi connectivity index (χ2v) is 5.60. The Labute approximate surface area is 134 Å². The standard InChI is InChI=1S/C15H13F4N3O2/c16-10-3-1-2-4-12(10)22-7-5-11(20-22)13(23)21-8-6-14(24,9-21)15(17,18)19/h1-5,7,24H,6,8-9H2/t14-/m1/s1. The van der Waals surface area contributed by atoms with E-state index in [2.05, 4.69) is 5.10 Å². The van der Waals surface area contributed by atoms with Crippen LogP contribution in [0, 0.1) is 5.82 Å². The molecule has 24 heavy (non-hydrogen) atoms. The molecular weight excluding hydrogens is 330 g/mol. The van der Waals surface area contributed by atoms with Crippen LogP contribution in [0.25, 0.3) is 5.69 Å². The van der Waals surface area contributed by atoms with Crippen molar-refractivity contribution in [3.63, 3.8) is 0 Å². The Morgan fingerprint density at radius 3 is 2.58 bits per heavy atom. The minimum Gasteiger partial charge on any atom is -0.379 e. The molecule has 1 fully saturated rings. The molecule has 9 heteroatoms. The fraction of sp³-hybridized carbons (Fsp3) is 0.333. The number of carbonyl (C=O) groups excluding carboxylic acids is 1. The Balaban J connectivity index is 1.79. The largest absolute Gasteiger partial charge is 0.419 e. The number of hydrogen-bond donors (Lipinski definition) is 1. The molecule has 0 bridgehead atoms. The average molecular weight is 343 g/mol. The Hall–Kier alpha value is -2.42. The van der Waals surface area contributed by atoms with Crippen LogP contribution >= 0.6 is 0 Å². The Kier molecular flexibility index (Phi) is 3.83. The SMILES string of the molecule is O=C(c1ccn(-c2ccccc2F)n1)N1CC[C@](O)(C(F)(F)F)C1. The van der Waals surface area contributed by atoms with E-state index < -0.39 is 36.5 Å². The number of nitrogens with zero attached hydrogens (tertiary/aromatic N) is 3. The maximum Gasteiger partial charge on any atom is 0.419 e. The molecule has 0 aliphatic carbocycles. The van der Waals surface area contributed by atoms with Crippen LogP contribution in [0.5, 0.6) is 0 Å². The molecule has 1 aliphatic heterocycles. The van der Waals surface area contributed by atoms with E-state index in [1.165, 1.54) is 30.5 Å². The summed E-state index contributed by atoms with van der Waals surface area (Å²) < 4.78 is 53.3. The van der Waals surface area contributed by atoms with Crippen LogP contribution in [-0.4, -0.2) is 50.6 Å². The third-order valence-electron chi connectivity index (χ3n) is 3.97. The number of para-hydroxylation sites is 1. The lowest BCUT2D eigenvalue weighted by molar-refractivity contribution is -0.253. The quantitative estimate of drug-likeness (QED) is 0.850. The number of hydrogen-bond acceptors (Lipinski definition) is 3. The highest BCUT2D eigenvalue weighted by Gasteiger charge is 2.57. The molecule has 3 rings (SSSR count). The van der Waals surface area contributed by atoms with E-state index in [0.29, 0.717) is 0 Å². The number of aliphatic hydroxyl groups is 1. The Morgan fingerprint density at radius 2 is 1.96 bits per heavy atom. The van der Waals surface area contributed by atoms with Crippen molar-refractivity contribution >= 4 is 5.91 Å². The lowest BCUT2D eigenvalue weighted by Crippen LogP contribution is -2.48. The fourth-order valence-electron chi connectivity index (χ4n) is 2.57. The van der Waals surface area contributed by atoms with E-state index in [1.807, 2.05) is 0 Å². The third-order valence-corrected chi connectivity index (χ3v) is 3.97. The Bertz CT molecular complexity index is 774. The summed E-state index contributed by atoms with van der Waals surface area (Å²) in [5.41, 5.74) is -2.91. The number of β-amino-alcohol motifs (C(OH)–C–C–N with tert-alkyl or cyclic N) is 1. The highest BCUT2D eigenvalue weighted by Crippen LogP contribution is 2.37. The summed E-state index contributed by atoms with van der Waals surface area (Å²) in [7, 11) is 0. The van der Waals surface area contributed by atoms with Gasteiger partial charge in [0, 0.05) is 19.2 Å². The van der Waals surface area contributed by atoms with Crippen LogP contribution < -0.4 is 0 Å². The zero-order chi connectivity index (χ0) is 17.5. The molecule has 5 nitrogen and oxygen atoms in total. The topological polar surface area (TPSA) is 58.4 Å². The summed E-state index contributed by atoms with van der Waals surface area (Å²) >= 11 is 0. The van der Waals surface area contributed by atoms with Gasteiger partial charge in [0.2, 0.25) is 0 Å². The molecule has 1 saturated heterocycles. The highest BCUT2D eigenvalue weighted by molar-refractivity contribution is 5.92. The van der Waals surface area contributed by atoms with E-state index >= 15 is 0 Å². The van der Waals surface area contributed by atoms with Gasteiger partial charge >= 0.3 is 6.18 Å². The first-order valence-electron chi connectivity index (χ1n) is 7.10. The predicted octanol–water partition coefficient (Wildman–Crippen LogP) is 2.15. The van der Waals surface area contributed by atoms with Crippen molar-refractivity contribution in [3.05, 3.63) is 48.0 Å². The maximum absolute atomic E-state index is 13.7. The van der Waals surface area contributed by atoms with Crippen molar-refractivity contribution in [3.8, 4) is 5.69 Å². The van der Waals surface area contributed by atoms with E-state index in [4.69, 9.17) is 0 Å². The van der Waals surface area contributed by atoms with Crippen LogP contribution in [0.3, 0.4) is 0 Å². The zero-order valence-corrected chi connectivity index (χ0v) is 12.3. The molecule has 0 unspecified atom stereocenters.